The molecular formula is C15H20FN3. The molecule has 0 amide bonds. The van der Waals surface area contributed by atoms with E-state index < -0.39 is 0 Å². The van der Waals surface area contributed by atoms with E-state index in [0.717, 1.165) is 23.4 Å². The molecule has 1 saturated heterocycles. The van der Waals surface area contributed by atoms with Crippen molar-refractivity contribution >= 4 is 11.0 Å². The van der Waals surface area contributed by atoms with E-state index in [9.17, 15) is 4.39 Å². The van der Waals surface area contributed by atoms with Crippen LogP contribution < -0.4 is 0 Å². The number of aromatic nitrogens is 2. The summed E-state index contributed by atoms with van der Waals surface area (Å²) in [4.78, 5) is 10.3. The molecule has 3 rings (SSSR count). The monoisotopic (exact) mass is 261 g/mol. The van der Waals surface area contributed by atoms with Crippen molar-refractivity contribution in [2.24, 2.45) is 0 Å². The molecule has 1 aliphatic rings. The maximum Gasteiger partial charge on any atom is 0.125 e. The van der Waals surface area contributed by atoms with Crippen LogP contribution in [0.2, 0.25) is 0 Å². The summed E-state index contributed by atoms with van der Waals surface area (Å²) in [7, 11) is 0. The molecule has 2 unspecified atom stereocenters. The smallest absolute Gasteiger partial charge is 0.125 e. The molecule has 2 heterocycles. The minimum Gasteiger partial charge on any atom is -0.341 e. The largest absolute Gasteiger partial charge is 0.341 e. The van der Waals surface area contributed by atoms with Gasteiger partial charge in [0.05, 0.1) is 17.6 Å². The number of fused-ring (bicyclic) bond motifs is 1. The molecule has 1 aromatic heterocycles. The van der Waals surface area contributed by atoms with E-state index in [1.165, 1.54) is 31.4 Å². The van der Waals surface area contributed by atoms with Gasteiger partial charge in [-0.25, -0.2) is 9.37 Å². The number of hydrogen-bond acceptors (Lipinski definition) is 2. The quantitative estimate of drug-likeness (QED) is 0.897. The Hall–Kier alpha value is -1.42. The molecule has 3 nitrogen and oxygen atoms in total. The average molecular weight is 261 g/mol. The molecule has 1 aromatic carbocycles. The van der Waals surface area contributed by atoms with Crippen LogP contribution in [0.5, 0.6) is 0 Å². The lowest BCUT2D eigenvalue weighted by Crippen LogP contribution is -2.43. The number of nitrogens with zero attached hydrogens (tertiary/aromatic N) is 2. The Labute approximate surface area is 112 Å². The maximum absolute atomic E-state index is 13.2. The van der Waals surface area contributed by atoms with Gasteiger partial charge in [-0.05, 0) is 44.9 Å². The highest BCUT2D eigenvalue weighted by atomic mass is 19.1. The molecule has 0 aliphatic carbocycles. The first-order valence-electron chi connectivity index (χ1n) is 7.03. The van der Waals surface area contributed by atoms with Crippen LogP contribution >= 0.6 is 0 Å². The SMILES string of the molecule is CC1CCCC(C)N1Cc1nc2ccc(F)cc2[nH]1. The summed E-state index contributed by atoms with van der Waals surface area (Å²) in [5.74, 6) is 0.712. The number of likely N-dealkylation sites (tertiary alicyclic amines) is 1. The number of imidazole rings is 1. The first-order valence-corrected chi connectivity index (χ1v) is 7.03. The van der Waals surface area contributed by atoms with Crippen molar-refractivity contribution in [3.63, 3.8) is 0 Å². The minimum atomic E-state index is -0.220. The van der Waals surface area contributed by atoms with Crippen molar-refractivity contribution in [1.82, 2.24) is 14.9 Å². The van der Waals surface area contributed by atoms with Gasteiger partial charge in [0.25, 0.3) is 0 Å². The van der Waals surface area contributed by atoms with Crippen LogP contribution in [0.3, 0.4) is 0 Å². The predicted molar refractivity (Wildman–Crippen MR) is 74.4 cm³/mol. The third-order valence-electron chi connectivity index (χ3n) is 4.20. The zero-order valence-electron chi connectivity index (χ0n) is 11.5. The number of aromatic amines is 1. The van der Waals surface area contributed by atoms with E-state index in [1.54, 1.807) is 6.07 Å². The lowest BCUT2D eigenvalue weighted by molar-refractivity contribution is 0.0926. The fourth-order valence-electron chi connectivity index (χ4n) is 3.07. The Bertz CT molecular complexity index is 568. The van der Waals surface area contributed by atoms with Gasteiger partial charge in [-0.2, -0.15) is 0 Å². The Balaban J connectivity index is 1.84. The molecule has 0 saturated carbocycles. The normalized spacial score (nSPS) is 25.0. The van der Waals surface area contributed by atoms with E-state index >= 15 is 0 Å². The number of rotatable bonds is 2. The fraction of sp³-hybridized carbons (Fsp3) is 0.533. The van der Waals surface area contributed by atoms with Crippen LogP contribution in [-0.2, 0) is 6.54 Å². The van der Waals surface area contributed by atoms with Gasteiger partial charge in [0.1, 0.15) is 11.6 Å². The highest BCUT2D eigenvalue weighted by Crippen LogP contribution is 2.24. The van der Waals surface area contributed by atoms with Crippen LogP contribution in [0.1, 0.15) is 38.9 Å². The van der Waals surface area contributed by atoms with Gasteiger partial charge in [-0.3, -0.25) is 4.90 Å². The van der Waals surface area contributed by atoms with Gasteiger partial charge in [0.2, 0.25) is 0 Å². The Kier molecular flexibility index (Phi) is 3.27. The third kappa shape index (κ3) is 2.50. The van der Waals surface area contributed by atoms with Crippen molar-refractivity contribution in [2.75, 3.05) is 0 Å². The summed E-state index contributed by atoms with van der Waals surface area (Å²) >= 11 is 0. The molecule has 1 N–H and O–H groups in total. The summed E-state index contributed by atoms with van der Waals surface area (Å²) in [6, 6.07) is 5.88. The van der Waals surface area contributed by atoms with Gasteiger partial charge >= 0.3 is 0 Å². The molecule has 2 atom stereocenters. The van der Waals surface area contributed by atoms with Crippen molar-refractivity contribution in [3.05, 3.63) is 29.8 Å². The van der Waals surface area contributed by atoms with E-state index in [-0.39, 0.29) is 5.82 Å². The molecule has 4 heteroatoms. The molecule has 1 fully saturated rings. The molecule has 19 heavy (non-hydrogen) atoms. The van der Waals surface area contributed by atoms with Gasteiger partial charge in [-0.1, -0.05) is 6.42 Å². The first kappa shape index (κ1) is 12.6. The van der Waals surface area contributed by atoms with Crippen molar-refractivity contribution in [2.45, 2.75) is 51.7 Å². The number of H-pyrrole nitrogens is 1. The molecule has 0 spiro atoms. The van der Waals surface area contributed by atoms with Crippen molar-refractivity contribution < 1.29 is 4.39 Å². The third-order valence-corrected chi connectivity index (χ3v) is 4.20. The second-order valence-corrected chi connectivity index (χ2v) is 5.65. The van der Waals surface area contributed by atoms with E-state index in [4.69, 9.17) is 0 Å². The summed E-state index contributed by atoms with van der Waals surface area (Å²) in [5, 5.41) is 0. The molecule has 0 bridgehead atoms. The maximum atomic E-state index is 13.2. The van der Waals surface area contributed by atoms with Crippen LogP contribution in [0.25, 0.3) is 11.0 Å². The van der Waals surface area contributed by atoms with Gasteiger partial charge in [-0.15, -0.1) is 0 Å². The highest BCUT2D eigenvalue weighted by Gasteiger charge is 2.25. The fourth-order valence-corrected chi connectivity index (χ4v) is 3.07. The second-order valence-electron chi connectivity index (χ2n) is 5.65. The Morgan fingerprint density at radius 3 is 2.79 bits per heavy atom. The minimum absolute atomic E-state index is 0.220. The summed E-state index contributed by atoms with van der Waals surface area (Å²) in [6.45, 7) is 5.37. The Morgan fingerprint density at radius 1 is 1.32 bits per heavy atom. The lowest BCUT2D eigenvalue weighted by atomic mass is 9.98. The summed E-state index contributed by atoms with van der Waals surface area (Å²) in [6.07, 6.45) is 3.81. The summed E-state index contributed by atoms with van der Waals surface area (Å²) in [5.41, 5.74) is 1.63. The number of nitrogens with one attached hydrogen (secondary N) is 1. The Morgan fingerprint density at radius 2 is 2.05 bits per heavy atom. The highest BCUT2D eigenvalue weighted by molar-refractivity contribution is 5.74. The van der Waals surface area contributed by atoms with Crippen LogP contribution in [0, 0.1) is 5.82 Å². The average Bonchev–Trinajstić information content (AvgIpc) is 2.75. The van der Waals surface area contributed by atoms with Crippen molar-refractivity contribution in [1.29, 1.82) is 0 Å². The summed E-state index contributed by atoms with van der Waals surface area (Å²) < 4.78 is 13.2. The number of hydrogen-bond donors (Lipinski definition) is 1. The number of halogens is 1. The van der Waals surface area contributed by atoms with Gasteiger partial charge in [0.15, 0.2) is 0 Å². The van der Waals surface area contributed by atoms with Gasteiger partial charge in [0, 0.05) is 12.1 Å². The second kappa shape index (κ2) is 4.93. The number of benzene rings is 1. The van der Waals surface area contributed by atoms with Crippen LogP contribution in [0.4, 0.5) is 4.39 Å². The van der Waals surface area contributed by atoms with E-state index in [2.05, 4.69) is 28.7 Å². The topological polar surface area (TPSA) is 31.9 Å². The molecular weight excluding hydrogens is 241 g/mol. The molecule has 1 aliphatic heterocycles. The van der Waals surface area contributed by atoms with Crippen LogP contribution in [0.15, 0.2) is 18.2 Å². The first-order chi connectivity index (χ1) is 9.13. The van der Waals surface area contributed by atoms with Crippen molar-refractivity contribution in [3.8, 4) is 0 Å². The molecule has 102 valence electrons. The number of piperidine rings is 1. The van der Waals surface area contributed by atoms with E-state index in [1.807, 2.05) is 0 Å². The predicted octanol–water partition coefficient (Wildman–Crippen LogP) is 3.46. The standard InChI is InChI=1S/C15H20FN3/c1-10-4-3-5-11(2)19(10)9-15-17-13-7-6-12(16)8-14(13)18-15/h6-8,10-11H,3-5,9H2,1-2H3,(H,17,18). The lowest BCUT2D eigenvalue weighted by Gasteiger charge is -2.38. The zero-order valence-corrected chi connectivity index (χ0v) is 11.5. The van der Waals surface area contributed by atoms with Gasteiger partial charge < -0.3 is 4.98 Å². The van der Waals surface area contributed by atoms with E-state index in [0.29, 0.717) is 12.1 Å². The molecule has 0 radical (unpaired) electrons. The van der Waals surface area contributed by atoms with Crippen LogP contribution in [-0.4, -0.2) is 27.0 Å². The molecule has 2 aromatic rings. The zero-order chi connectivity index (χ0) is 13.4.